The van der Waals surface area contributed by atoms with Gasteiger partial charge in [-0.3, -0.25) is 4.79 Å². The van der Waals surface area contributed by atoms with E-state index in [0.29, 0.717) is 5.92 Å². The molecule has 1 N–H and O–H groups in total. The van der Waals surface area contributed by atoms with Gasteiger partial charge >= 0.3 is 0 Å². The van der Waals surface area contributed by atoms with Gasteiger partial charge in [0.05, 0.1) is 6.04 Å². The number of halogens is 1. The van der Waals surface area contributed by atoms with Crippen molar-refractivity contribution in [1.82, 2.24) is 5.32 Å². The van der Waals surface area contributed by atoms with Crippen molar-refractivity contribution in [2.24, 2.45) is 5.92 Å². The van der Waals surface area contributed by atoms with E-state index in [0.717, 1.165) is 10.2 Å². The number of carbonyl (C=O) groups excluding carboxylic acids is 1. The van der Waals surface area contributed by atoms with E-state index in [1.807, 2.05) is 17.8 Å². The van der Waals surface area contributed by atoms with Crippen LogP contribution in [0.25, 0.3) is 0 Å². The molecule has 0 bridgehead atoms. The summed E-state index contributed by atoms with van der Waals surface area (Å²) in [4.78, 5) is 12.9. The van der Waals surface area contributed by atoms with Gasteiger partial charge in [-0.25, -0.2) is 0 Å². The van der Waals surface area contributed by atoms with Gasteiger partial charge in [-0.2, -0.15) is 0 Å². The summed E-state index contributed by atoms with van der Waals surface area (Å²) in [6.07, 6.45) is 0. The zero-order valence-electron chi connectivity index (χ0n) is 10.4. The first-order chi connectivity index (χ1) is 8.61. The number of carbonyl (C=O) groups is 1. The van der Waals surface area contributed by atoms with Crippen molar-refractivity contribution in [3.8, 4) is 0 Å². The molecule has 1 heterocycles. The Bertz CT molecular complexity index is 453. The van der Waals surface area contributed by atoms with Crippen LogP contribution < -0.4 is 5.32 Å². The predicted octanol–water partition coefficient (Wildman–Crippen LogP) is 2.99. The zero-order chi connectivity index (χ0) is 13.1. The number of methoxy groups -OCH3 is 1. The fraction of sp³-hybridized carbons (Fsp3) is 0.462. The first-order valence-corrected chi connectivity index (χ1v) is 7.60. The number of hydrogen-bond donors (Lipinski definition) is 1. The summed E-state index contributed by atoms with van der Waals surface area (Å²) in [7, 11) is 1.53. The standard InChI is InChI=1S/C13H16BrNO2S/c1-8-7-18-11-4-3-9(14)5-10(11)13(8)15-12(16)6-17-2/h3-5,8,13H,6-7H2,1-2H3,(H,15,16)/t8-,13-/m1/s1. The van der Waals surface area contributed by atoms with Crippen molar-refractivity contribution in [2.75, 3.05) is 19.5 Å². The summed E-state index contributed by atoms with van der Waals surface area (Å²) < 4.78 is 5.91. The molecule has 0 aliphatic carbocycles. The van der Waals surface area contributed by atoms with Crippen LogP contribution in [-0.2, 0) is 9.53 Å². The summed E-state index contributed by atoms with van der Waals surface area (Å²) in [5.41, 5.74) is 1.19. The van der Waals surface area contributed by atoms with Gasteiger partial charge in [0.25, 0.3) is 0 Å². The Hall–Kier alpha value is -0.520. The molecule has 0 fully saturated rings. The van der Waals surface area contributed by atoms with Crippen LogP contribution in [0.4, 0.5) is 0 Å². The lowest BCUT2D eigenvalue weighted by Gasteiger charge is -2.31. The number of benzene rings is 1. The fourth-order valence-electron chi connectivity index (χ4n) is 2.08. The van der Waals surface area contributed by atoms with Crippen molar-refractivity contribution < 1.29 is 9.53 Å². The average Bonchev–Trinajstić information content (AvgIpc) is 2.33. The van der Waals surface area contributed by atoms with Crippen LogP contribution in [0.1, 0.15) is 18.5 Å². The highest BCUT2D eigenvalue weighted by atomic mass is 79.9. The second-order valence-corrected chi connectivity index (χ2v) is 6.43. The van der Waals surface area contributed by atoms with Gasteiger partial charge in [-0.15, -0.1) is 11.8 Å². The molecule has 0 radical (unpaired) electrons. The molecule has 1 aromatic carbocycles. The third-order valence-electron chi connectivity index (χ3n) is 2.97. The molecule has 1 aliphatic heterocycles. The summed E-state index contributed by atoms with van der Waals surface area (Å²) in [5.74, 6) is 1.37. The molecule has 18 heavy (non-hydrogen) atoms. The molecular formula is C13H16BrNO2S. The van der Waals surface area contributed by atoms with E-state index in [4.69, 9.17) is 4.74 Å². The van der Waals surface area contributed by atoms with Crippen LogP contribution in [0.3, 0.4) is 0 Å². The molecule has 0 aromatic heterocycles. The van der Waals surface area contributed by atoms with Crippen LogP contribution in [0.15, 0.2) is 27.6 Å². The molecular weight excluding hydrogens is 314 g/mol. The lowest BCUT2D eigenvalue weighted by Crippen LogP contribution is -2.37. The van der Waals surface area contributed by atoms with Crippen LogP contribution in [0.5, 0.6) is 0 Å². The number of thioether (sulfide) groups is 1. The number of fused-ring (bicyclic) bond motifs is 1. The minimum Gasteiger partial charge on any atom is -0.375 e. The first-order valence-electron chi connectivity index (χ1n) is 5.82. The van der Waals surface area contributed by atoms with Crippen LogP contribution in [0, 0.1) is 5.92 Å². The van der Waals surface area contributed by atoms with Crippen molar-refractivity contribution in [1.29, 1.82) is 0 Å². The van der Waals surface area contributed by atoms with Gasteiger partial charge in [0.15, 0.2) is 0 Å². The molecule has 0 spiro atoms. The van der Waals surface area contributed by atoms with Gasteiger partial charge in [-0.05, 0) is 29.7 Å². The summed E-state index contributed by atoms with van der Waals surface area (Å²) >= 11 is 5.33. The normalized spacial score (nSPS) is 22.4. The Balaban J connectivity index is 2.24. The van der Waals surface area contributed by atoms with Gasteiger partial charge < -0.3 is 10.1 Å². The highest BCUT2D eigenvalue weighted by Gasteiger charge is 2.28. The number of amides is 1. The molecule has 2 rings (SSSR count). The molecule has 0 unspecified atom stereocenters. The molecule has 98 valence electrons. The third-order valence-corrected chi connectivity index (χ3v) is 4.84. The van der Waals surface area contributed by atoms with Crippen LogP contribution >= 0.6 is 27.7 Å². The third kappa shape index (κ3) is 3.08. The van der Waals surface area contributed by atoms with E-state index in [2.05, 4.69) is 40.3 Å². The second-order valence-electron chi connectivity index (χ2n) is 4.45. The molecule has 0 saturated heterocycles. The Morgan fingerprint density at radius 1 is 1.61 bits per heavy atom. The summed E-state index contributed by atoms with van der Waals surface area (Å²) in [5, 5.41) is 3.05. The van der Waals surface area contributed by atoms with Gasteiger partial charge in [0.1, 0.15) is 6.61 Å². The first kappa shape index (κ1) is 13.9. The van der Waals surface area contributed by atoms with E-state index >= 15 is 0 Å². The van der Waals surface area contributed by atoms with Gasteiger partial charge in [0.2, 0.25) is 5.91 Å². The van der Waals surface area contributed by atoms with Crippen LogP contribution in [-0.4, -0.2) is 25.4 Å². The summed E-state index contributed by atoms with van der Waals surface area (Å²) in [6, 6.07) is 6.30. The molecule has 1 aliphatic rings. The highest BCUT2D eigenvalue weighted by Crippen LogP contribution is 2.40. The maximum absolute atomic E-state index is 11.7. The SMILES string of the molecule is COCC(=O)N[C@H]1c2cc(Br)ccc2SC[C@H]1C. The lowest BCUT2D eigenvalue weighted by molar-refractivity contribution is -0.125. The van der Waals surface area contributed by atoms with Gasteiger partial charge in [-0.1, -0.05) is 22.9 Å². The van der Waals surface area contributed by atoms with Gasteiger partial charge in [0, 0.05) is 22.2 Å². The Kier molecular flexibility index (Phi) is 4.70. The summed E-state index contributed by atoms with van der Waals surface area (Å²) in [6.45, 7) is 2.27. The van der Waals surface area contributed by atoms with Crippen molar-refractivity contribution in [2.45, 2.75) is 17.9 Å². The largest absolute Gasteiger partial charge is 0.375 e. The molecule has 3 nitrogen and oxygen atoms in total. The number of ether oxygens (including phenoxy) is 1. The molecule has 1 aromatic rings. The van der Waals surface area contributed by atoms with Crippen molar-refractivity contribution in [3.63, 3.8) is 0 Å². The average molecular weight is 330 g/mol. The number of nitrogens with one attached hydrogen (secondary N) is 1. The quantitative estimate of drug-likeness (QED) is 0.926. The monoisotopic (exact) mass is 329 g/mol. The Labute approximate surface area is 120 Å². The lowest BCUT2D eigenvalue weighted by atomic mass is 9.95. The Morgan fingerprint density at radius 2 is 2.39 bits per heavy atom. The van der Waals surface area contributed by atoms with Crippen LogP contribution in [0.2, 0.25) is 0 Å². The van der Waals surface area contributed by atoms with E-state index in [-0.39, 0.29) is 18.6 Å². The van der Waals surface area contributed by atoms with E-state index in [1.54, 1.807) is 0 Å². The maximum Gasteiger partial charge on any atom is 0.246 e. The number of rotatable bonds is 3. The Morgan fingerprint density at radius 3 is 3.11 bits per heavy atom. The topological polar surface area (TPSA) is 38.3 Å². The minimum atomic E-state index is -0.0628. The zero-order valence-corrected chi connectivity index (χ0v) is 12.8. The maximum atomic E-state index is 11.7. The van der Waals surface area contributed by atoms with Crippen molar-refractivity contribution >= 4 is 33.6 Å². The predicted molar refractivity (Wildman–Crippen MR) is 76.8 cm³/mol. The number of hydrogen-bond acceptors (Lipinski definition) is 3. The molecule has 0 saturated carbocycles. The second kappa shape index (κ2) is 6.08. The molecule has 5 heteroatoms. The van der Waals surface area contributed by atoms with E-state index < -0.39 is 0 Å². The van der Waals surface area contributed by atoms with Crippen molar-refractivity contribution in [3.05, 3.63) is 28.2 Å². The van der Waals surface area contributed by atoms with E-state index in [9.17, 15) is 4.79 Å². The molecule has 2 atom stereocenters. The van der Waals surface area contributed by atoms with E-state index in [1.165, 1.54) is 17.6 Å². The smallest absolute Gasteiger partial charge is 0.246 e. The highest BCUT2D eigenvalue weighted by molar-refractivity contribution is 9.10. The molecule has 1 amide bonds. The fourth-order valence-corrected chi connectivity index (χ4v) is 3.61. The minimum absolute atomic E-state index is 0.0628.